The van der Waals surface area contributed by atoms with Crippen LogP contribution in [0.2, 0.25) is 0 Å². The van der Waals surface area contributed by atoms with Crippen molar-refractivity contribution in [3.63, 3.8) is 0 Å². The fourth-order valence-corrected chi connectivity index (χ4v) is 4.94. The first-order valence-electron chi connectivity index (χ1n) is 12.8. The standard InChI is InChI=1S/C27H43N3O5S/c1-18(2)30(25(33)21(16-17-36-6)29-26(34)35-27(3,4)5)23(20-14-10-11-15-22(20)31)24(32)28-19-12-8-7-9-13-19/h10-11,14-15,18-19,21,23,31H,7-9,12-13,16-17H2,1-6H3,(H,28,32)(H,29,34). The van der Waals surface area contributed by atoms with Gasteiger partial charge in [0.1, 0.15) is 23.4 Å². The van der Waals surface area contributed by atoms with E-state index < -0.39 is 29.7 Å². The summed E-state index contributed by atoms with van der Waals surface area (Å²) in [6.45, 7) is 8.94. The zero-order valence-corrected chi connectivity index (χ0v) is 23.3. The molecule has 2 atom stereocenters. The molecule has 1 aromatic carbocycles. The van der Waals surface area contributed by atoms with Crippen LogP contribution in [0, 0.1) is 0 Å². The molecule has 2 rings (SSSR count). The number of benzene rings is 1. The lowest BCUT2D eigenvalue weighted by molar-refractivity contribution is -0.145. The van der Waals surface area contributed by atoms with Crippen LogP contribution in [0.5, 0.6) is 5.75 Å². The van der Waals surface area contributed by atoms with Crippen molar-refractivity contribution in [1.29, 1.82) is 0 Å². The second-order valence-electron chi connectivity index (χ2n) is 10.6. The third kappa shape index (κ3) is 8.91. The zero-order chi connectivity index (χ0) is 26.9. The molecule has 0 radical (unpaired) electrons. The van der Waals surface area contributed by atoms with Crippen LogP contribution in [-0.4, -0.2) is 63.6 Å². The number of nitrogens with zero attached hydrogens (tertiary/aromatic N) is 1. The van der Waals surface area contributed by atoms with E-state index in [1.165, 1.54) is 11.0 Å². The molecular formula is C27H43N3O5S. The Hall–Kier alpha value is -2.42. The lowest BCUT2D eigenvalue weighted by Crippen LogP contribution is -2.56. The first-order chi connectivity index (χ1) is 16.9. The summed E-state index contributed by atoms with van der Waals surface area (Å²) in [5.41, 5.74) is -0.360. The number of hydrogen-bond donors (Lipinski definition) is 3. The molecule has 36 heavy (non-hydrogen) atoms. The molecule has 1 saturated carbocycles. The highest BCUT2D eigenvalue weighted by Gasteiger charge is 2.39. The summed E-state index contributed by atoms with van der Waals surface area (Å²) in [4.78, 5) is 41.8. The van der Waals surface area contributed by atoms with Gasteiger partial charge in [-0.1, -0.05) is 37.5 Å². The van der Waals surface area contributed by atoms with Gasteiger partial charge in [-0.05, 0) is 72.0 Å². The maximum Gasteiger partial charge on any atom is 0.408 e. The van der Waals surface area contributed by atoms with Gasteiger partial charge in [-0.15, -0.1) is 0 Å². The van der Waals surface area contributed by atoms with E-state index in [2.05, 4.69) is 10.6 Å². The van der Waals surface area contributed by atoms with E-state index in [0.717, 1.165) is 32.1 Å². The summed E-state index contributed by atoms with van der Waals surface area (Å²) in [5.74, 6) is -0.142. The van der Waals surface area contributed by atoms with Crippen molar-refractivity contribution in [2.45, 2.75) is 103 Å². The number of ether oxygens (including phenoxy) is 1. The fraction of sp³-hybridized carbons (Fsp3) is 0.667. The summed E-state index contributed by atoms with van der Waals surface area (Å²) < 4.78 is 5.40. The minimum atomic E-state index is -1.04. The molecule has 202 valence electrons. The van der Waals surface area contributed by atoms with Crippen molar-refractivity contribution >= 4 is 29.7 Å². The third-order valence-electron chi connectivity index (χ3n) is 6.12. The smallest absolute Gasteiger partial charge is 0.408 e. The van der Waals surface area contributed by atoms with Crippen LogP contribution in [0.1, 0.15) is 84.7 Å². The molecule has 0 spiro atoms. The average molecular weight is 522 g/mol. The van der Waals surface area contributed by atoms with Crippen LogP contribution in [0.4, 0.5) is 4.79 Å². The lowest BCUT2D eigenvalue weighted by atomic mass is 9.94. The minimum Gasteiger partial charge on any atom is -0.508 e. The number of aromatic hydroxyl groups is 1. The lowest BCUT2D eigenvalue weighted by Gasteiger charge is -2.38. The van der Waals surface area contributed by atoms with E-state index >= 15 is 0 Å². The number of carbonyl (C=O) groups excluding carboxylic acids is 3. The molecule has 1 aliphatic rings. The first-order valence-corrected chi connectivity index (χ1v) is 14.2. The number of para-hydroxylation sites is 1. The van der Waals surface area contributed by atoms with E-state index in [4.69, 9.17) is 4.74 Å². The quantitative estimate of drug-likeness (QED) is 0.410. The van der Waals surface area contributed by atoms with E-state index in [1.54, 1.807) is 50.7 Å². The largest absolute Gasteiger partial charge is 0.508 e. The highest BCUT2D eigenvalue weighted by molar-refractivity contribution is 7.98. The molecule has 1 fully saturated rings. The number of rotatable bonds is 10. The van der Waals surface area contributed by atoms with Crippen LogP contribution >= 0.6 is 11.8 Å². The Morgan fingerprint density at radius 2 is 1.78 bits per heavy atom. The molecule has 0 aromatic heterocycles. The normalized spacial score (nSPS) is 16.2. The highest BCUT2D eigenvalue weighted by Crippen LogP contribution is 2.32. The van der Waals surface area contributed by atoms with Crippen molar-refractivity contribution in [2.24, 2.45) is 0 Å². The Bertz CT molecular complexity index is 880. The zero-order valence-electron chi connectivity index (χ0n) is 22.5. The van der Waals surface area contributed by atoms with Gasteiger partial charge in [0.15, 0.2) is 0 Å². The van der Waals surface area contributed by atoms with Crippen LogP contribution in [0.3, 0.4) is 0 Å². The number of phenolic OH excluding ortho intramolecular Hbond substituents is 1. The van der Waals surface area contributed by atoms with E-state index in [-0.39, 0.29) is 23.7 Å². The van der Waals surface area contributed by atoms with Gasteiger partial charge in [0, 0.05) is 17.6 Å². The predicted molar refractivity (Wildman–Crippen MR) is 144 cm³/mol. The number of alkyl carbamates (subject to hydrolysis) is 1. The Kier molecular flexibility index (Phi) is 11.4. The maximum absolute atomic E-state index is 14.0. The number of hydrogen-bond acceptors (Lipinski definition) is 6. The molecule has 1 aliphatic carbocycles. The van der Waals surface area contributed by atoms with Gasteiger partial charge in [0.05, 0.1) is 0 Å². The van der Waals surface area contributed by atoms with Crippen molar-refractivity contribution in [3.8, 4) is 5.75 Å². The summed E-state index contributed by atoms with van der Waals surface area (Å²) in [7, 11) is 0. The van der Waals surface area contributed by atoms with Gasteiger partial charge < -0.3 is 25.4 Å². The second kappa shape index (κ2) is 13.8. The number of amides is 3. The molecule has 8 nitrogen and oxygen atoms in total. The van der Waals surface area contributed by atoms with Gasteiger partial charge >= 0.3 is 6.09 Å². The average Bonchev–Trinajstić information content (AvgIpc) is 2.79. The molecule has 0 bridgehead atoms. The van der Waals surface area contributed by atoms with Crippen LogP contribution in [0.15, 0.2) is 24.3 Å². The van der Waals surface area contributed by atoms with Crippen molar-refractivity contribution < 1.29 is 24.2 Å². The Morgan fingerprint density at radius 1 is 1.14 bits per heavy atom. The van der Waals surface area contributed by atoms with Crippen LogP contribution < -0.4 is 10.6 Å². The second-order valence-corrected chi connectivity index (χ2v) is 11.6. The first kappa shape index (κ1) is 29.8. The fourth-order valence-electron chi connectivity index (χ4n) is 4.47. The molecule has 0 heterocycles. The minimum absolute atomic E-state index is 0.0379. The highest BCUT2D eigenvalue weighted by atomic mass is 32.2. The van der Waals surface area contributed by atoms with E-state index in [1.807, 2.05) is 20.1 Å². The molecule has 9 heteroatoms. The molecule has 1 aromatic rings. The number of nitrogens with one attached hydrogen (secondary N) is 2. The van der Waals surface area contributed by atoms with Gasteiger partial charge in [-0.25, -0.2) is 4.79 Å². The molecule has 2 unspecified atom stereocenters. The number of carbonyl (C=O) groups is 3. The molecule has 3 N–H and O–H groups in total. The van der Waals surface area contributed by atoms with Crippen molar-refractivity contribution in [1.82, 2.24) is 15.5 Å². The molecule has 0 saturated heterocycles. The Morgan fingerprint density at radius 3 is 2.33 bits per heavy atom. The number of phenols is 1. The summed E-state index contributed by atoms with van der Waals surface area (Å²) >= 11 is 1.56. The monoisotopic (exact) mass is 521 g/mol. The third-order valence-corrected chi connectivity index (χ3v) is 6.76. The predicted octanol–water partition coefficient (Wildman–Crippen LogP) is 4.77. The Balaban J connectivity index is 2.43. The van der Waals surface area contributed by atoms with Crippen molar-refractivity contribution in [2.75, 3.05) is 12.0 Å². The van der Waals surface area contributed by atoms with Gasteiger partial charge in [0.2, 0.25) is 11.8 Å². The maximum atomic E-state index is 14.0. The van der Waals surface area contributed by atoms with E-state index in [0.29, 0.717) is 17.7 Å². The Labute approximate surface area is 219 Å². The van der Waals surface area contributed by atoms with Gasteiger partial charge in [-0.3, -0.25) is 9.59 Å². The topological polar surface area (TPSA) is 108 Å². The number of thioether (sulfide) groups is 1. The molecular weight excluding hydrogens is 478 g/mol. The van der Waals surface area contributed by atoms with Crippen LogP contribution in [0.25, 0.3) is 0 Å². The van der Waals surface area contributed by atoms with Gasteiger partial charge in [-0.2, -0.15) is 11.8 Å². The van der Waals surface area contributed by atoms with Crippen molar-refractivity contribution in [3.05, 3.63) is 29.8 Å². The molecule has 0 aliphatic heterocycles. The van der Waals surface area contributed by atoms with E-state index in [9.17, 15) is 19.5 Å². The summed E-state index contributed by atoms with van der Waals surface area (Å²) in [6, 6.07) is 4.34. The molecule has 3 amide bonds. The van der Waals surface area contributed by atoms with Crippen LogP contribution in [-0.2, 0) is 14.3 Å². The summed E-state index contributed by atoms with van der Waals surface area (Å²) in [6.07, 6.45) is 6.66. The summed E-state index contributed by atoms with van der Waals surface area (Å²) in [5, 5.41) is 16.5. The van der Waals surface area contributed by atoms with Gasteiger partial charge in [0.25, 0.3) is 0 Å². The SMILES string of the molecule is CSCCC(NC(=O)OC(C)(C)C)C(=O)N(C(C)C)C(C(=O)NC1CCCCC1)c1ccccc1O.